The number of hydrogen-bond donors (Lipinski definition) is 2. The normalized spacial score (nSPS) is 10.8. The van der Waals surface area contributed by atoms with E-state index in [1.807, 2.05) is 6.26 Å². The van der Waals surface area contributed by atoms with E-state index in [0.29, 0.717) is 10.7 Å². The van der Waals surface area contributed by atoms with Gasteiger partial charge in [-0.15, -0.1) is 5.10 Å². The van der Waals surface area contributed by atoms with E-state index in [2.05, 4.69) is 10.1 Å². The van der Waals surface area contributed by atoms with Crippen molar-refractivity contribution in [2.75, 3.05) is 6.26 Å². The Balaban J connectivity index is 2.63. The molecular weight excluding hydrogens is 201 g/mol. The van der Waals surface area contributed by atoms with Crippen molar-refractivity contribution in [3.05, 3.63) is 18.3 Å². The van der Waals surface area contributed by atoms with E-state index in [1.54, 1.807) is 18.3 Å². The van der Waals surface area contributed by atoms with Crippen LogP contribution in [0.25, 0.3) is 5.52 Å². The summed E-state index contributed by atoms with van der Waals surface area (Å²) in [6, 6.07) is 3.34. The van der Waals surface area contributed by atoms with Gasteiger partial charge in [0.05, 0.1) is 17.3 Å². The molecule has 0 aliphatic carbocycles. The predicted molar refractivity (Wildman–Crippen MR) is 54.6 cm³/mol. The lowest BCUT2D eigenvalue weighted by atomic mass is 9.87. The van der Waals surface area contributed by atoms with Gasteiger partial charge in [0, 0.05) is 0 Å². The molecule has 0 saturated heterocycles. The van der Waals surface area contributed by atoms with Crippen molar-refractivity contribution in [2.24, 2.45) is 0 Å². The molecule has 0 atom stereocenters. The predicted octanol–water partition coefficient (Wildman–Crippen LogP) is -0.869. The molecule has 0 amide bonds. The largest absolute Gasteiger partial charge is 0.508 e. The van der Waals surface area contributed by atoms with E-state index in [4.69, 9.17) is 10.0 Å². The fourth-order valence-corrected chi connectivity index (χ4v) is 1.52. The van der Waals surface area contributed by atoms with Crippen molar-refractivity contribution in [1.29, 1.82) is 0 Å². The molecule has 0 bridgehead atoms. The molecule has 72 valence electrons. The zero-order chi connectivity index (χ0) is 10.1. The second-order valence-electron chi connectivity index (χ2n) is 2.71. The minimum absolute atomic E-state index is 0.345. The van der Waals surface area contributed by atoms with Gasteiger partial charge in [-0.1, -0.05) is 11.8 Å². The van der Waals surface area contributed by atoms with E-state index >= 15 is 0 Å². The third kappa shape index (κ3) is 1.49. The van der Waals surface area contributed by atoms with Crippen molar-refractivity contribution in [1.82, 2.24) is 14.6 Å². The fraction of sp³-hybridized carbons (Fsp3) is 0.143. The third-order valence-electron chi connectivity index (χ3n) is 1.85. The van der Waals surface area contributed by atoms with Crippen molar-refractivity contribution >= 4 is 30.0 Å². The summed E-state index contributed by atoms with van der Waals surface area (Å²) in [5, 5.41) is 22.8. The Hall–Kier alpha value is -1.05. The summed E-state index contributed by atoms with van der Waals surface area (Å²) in [4.78, 5) is 4.07. The highest BCUT2D eigenvalue weighted by Gasteiger charge is 2.16. The SMILES string of the molecule is CSc1ncc2ccc(B(O)O)n2n1. The lowest BCUT2D eigenvalue weighted by Crippen LogP contribution is -2.34. The zero-order valence-electron chi connectivity index (χ0n) is 7.45. The van der Waals surface area contributed by atoms with E-state index in [-0.39, 0.29) is 0 Å². The first-order chi connectivity index (χ1) is 6.72. The van der Waals surface area contributed by atoms with Gasteiger partial charge in [0.25, 0.3) is 0 Å². The molecule has 2 rings (SSSR count). The molecule has 2 N–H and O–H groups in total. The summed E-state index contributed by atoms with van der Waals surface area (Å²) in [5.41, 5.74) is 1.09. The molecule has 0 aliphatic rings. The molecule has 0 saturated carbocycles. The van der Waals surface area contributed by atoms with Crippen LogP contribution < -0.4 is 5.59 Å². The van der Waals surface area contributed by atoms with Crippen LogP contribution >= 0.6 is 11.8 Å². The lowest BCUT2D eigenvalue weighted by molar-refractivity contribution is 0.423. The Kier molecular flexibility index (Phi) is 2.45. The number of nitrogens with zero attached hydrogens (tertiary/aromatic N) is 3. The van der Waals surface area contributed by atoms with E-state index in [1.165, 1.54) is 16.3 Å². The average molecular weight is 209 g/mol. The van der Waals surface area contributed by atoms with Gasteiger partial charge in [0.1, 0.15) is 0 Å². The summed E-state index contributed by atoms with van der Waals surface area (Å²) in [7, 11) is -1.51. The molecule has 7 heteroatoms. The van der Waals surface area contributed by atoms with Gasteiger partial charge in [-0.3, -0.25) is 0 Å². The number of rotatable bonds is 2. The molecule has 2 aromatic heterocycles. The van der Waals surface area contributed by atoms with Crippen molar-refractivity contribution in [3.8, 4) is 0 Å². The molecule has 0 fully saturated rings. The smallest absolute Gasteiger partial charge is 0.422 e. The topological polar surface area (TPSA) is 70.7 Å². The monoisotopic (exact) mass is 209 g/mol. The maximum absolute atomic E-state index is 9.04. The summed E-state index contributed by atoms with van der Waals surface area (Å²) in [5.74, 6) is 0. The van der Waals surface area contributed by atoms with Gasteiger partial charge in [0.15, 0.2) is 0 Å². The van der Waals surface area contributed by atoms with Crippen molar-refractivity contribution in [3.63, 3.8) is 0 Å². The van der Waals surface area contributed by atoms with Gasteiger partial charge in [-0.2, -0.15) is 0 Å². The Labute approximate surface area is 84.9 Å². The van der Waals surface area contributed by atoms with Crippen LogP contribution in [-0.2, 0) is 0 Å². The fourth-order valence-electron chi connectivity index (χ4n) is 1.20. The number of aromatic nitrogens is 3. The molecule has 0 unspecified atom stereocenters. The third-order valence-corrected chi connectivity index (χ3v) is 2.41. The molecule has 2 heterocycles. The van der Waals surface area contributed by atoms with Gasteiger partial charge in [0.2, 0.25) is 5.16 Å². The van der Waals surface area contributed by atoms with Crippen LogP contribution in [0.1, 0.15) is 0 Å². The average Bonchev–Trinajstić information content (AvgIpc) is 2.59. The maximum atomic E-state index is 9.04. The molecule has 0 aromatic carbocycles. The van der Waals surface area contributed by atoms with Crippen LogP contribution in [0, 0.1) is 0 Å². The second-order valence-corrected chi connectivity index (χ2v) is 3.49. The van der Waals surface area contributed by atoms with Crippen molar-refractivity contribution < 1.29 is 10.0 Å². The van der Waals surface area contributed by atoms with Crippen LogP contribution in [0.3, 0.4) is 0 Å². The molecule has 0 spiro atoms. The number of hydrogen-bond acceptors (Lipinski definition) is 5. The van der Waals surface area contributed by atoms with Crippen LogP contribution in [0.4, 0.5) is 0 Å². The van der Waals surface area contributed by atoms with E-state index in [0.717, 1.165) is 5.52 Å². The van der Waals surface area contributed by atoms with Crippen LogP contribution in [0.2, 0.25) is 0 Å². The molecule has 0 aliphatic heterocycles. The van der Waals surface area contributed by atoms with Gasteiger partial charge in [-0.25, -0.2) is 9.50 Å². The molecule has 0 radical (unpaired) electrons. The number of thioether (sulfide) groups is 1. The Bertz CT molecular complexity index is 459. The quantitative estimate of drug-likeness (QED) is 0.497. The number of fused-ring (bicyclic) bond motifs is 1. The maximum Gasteiger partial charge on any atom is 0.508 e. The van der Waals surface area contributed by atoms with Crippen LogP contribution in [0.15, 0.2) is 23.5 Å². The summed E-state index contributed by atoms with van der Waals surface area (Å²) >= 11 is 1.40. The minimum Gasteiger partial charge on any atom is -0.422 e. The zero-order valence-corrected chi connectivity index (χ0v) is 8.27. The molecule has 14 heavy (non-hydrogen) atoms. The lowest BCUT2D eigenvalue weighted by Gasteiger charge is -2.01. The Morgan fingerprint density at radius 1 is 1.43 bits per heavy atom. The highest BCUT2D eigenvalue weighted by molar-refractivity contribution is 7.98. The Morgan fingerprint density at radius 3 is 2.86 bits per heavy atom. The van der Waals surface area contributed by atoms with Gasteiger partial charge >= 0.3 is 7.12 Å². The van der Waals surface area contributed by atoms with Crippen molar-refractivity contribution in [2.45, 2.75) is 5.16 Å². The highest BCUT2D eigenvalue weighted by Crippen LogP contribution is 2.07. The first-order valence-corrected chi connectivity index (χ1v) is 5.19. The highest BCUT2D eigenvalue weighted by atomic mass is 32.2. The minimum atomic E-state index is -1.51. The second kappa shape index (κ2) is 3.60. The molecular formula is C7H8BN3O2S. The first-order valence-electron chi connectivity index (χ1n) is 3.97. The summed E-state index contributed by atoms with van der Waals surface area (Å²) < 4.78 is 1.48. The van der Waals surface area contributed by atoms with Gasteiger partial charge in [-0.05, 0) is 18.4 Å². The summed E-state index contributed by atoms with van der Waals surface area (Å²) in [6.45, 7) is 0. The van der Waals surface area contributed by atoms with Gasteiger partial charge < -0.3 is 10.0 Å². The molecule has 5 nitrogen and oxygen atoms in total. The summed E-state index contributed by atoms with van der Waals surface area (Å²) in [6.07, 6.45) is 3.50. The first kappa shape index (κ1) is 9.51. The molecule has 2 aromatic rings. The van der Waals surface area contributed by atoms with Crippen LogP contribution in [0.5, 0.6) is 0 Å². The van der Waals surface area contributed by atoms with E-state index in [9.17, 15) is 0 Å². The Morgan fingerprint density at radius 2 is 2.21 bits per heavy atom. The van der Waals surface area contributed by atoms with Crippen LogP contribution in [-0.4, -0.2) is 38.0 Å². The standard InChI is InChI=1S/C7H8BN3O2S/c1-14-7-9-4-5-2-3-6(8(12)13)11(5)10-7/h2-4,12-13H,1H3. The van der Waals surface area contributed by atoms with E-state index < -0.39 is 7.12 Å².